The minimum absolute atomic E-state index is 0.288. The molecule has 0 aromatic carbocycles. The molecule has 2 aliphatic rings. The van der Waals surface area contributed by atoms with Gasteiger partial charge in [-0.15, -0.1) is 0 Å². The molecule has 1 saturated carbocycles. The van der Waals surface area contributed by atoms with Crippen LogP contribution in [0.1, 0.15) is 65.7 Å². The van der Waals surface area contributed by atoms with Crippen molar-refractivity contribution in [2.45, 2.75) is 71.8 Å². The van der Waals surface area contributed by atoms with Gasteiger partial charge in [0.05, 0.1) is 6.42 Å². The molecule has 0 aromatic heterocycles. The molecule has 3 heteroatoms. The molecule has 1 aliphatic heterocycles. The molecule has 1 atom stereocenters. The Morgan fingerprint density at radius 2 is 1.70 bits per heavy atom. The summed E-state index contributed by atoms with van der Waals surface area (Å²) >= 11 is 0. The summed E-state index contributed by atoms with van der Waals surface area (Å²) in [7, 11) is 0. The number of carboxylic acid groups (broad SMARTS) is 1. The topological polar surface area (TPSA) is 40.5 Å². The highest BCUT2D eigenvalue weighted by Gasteiger charge is 2.36. The van der Waals surface area contributed by atoms with Crippen LogP contribution in [0.4, 0.5) is 0 Å². The first kappa shape index (κ1) is 15.8. The number of carbonyl (C=O) groups is 1. The van der Waals surface area contributed by atoms with Crippen LogP contribution in [-0.2, 0) is 4.79 Å². The molecule has 1 N–H and O–H groups in total. The van der Waals surface area contributed by atoms with Crippen molar-refractivity contribution in [1.82, 2.24) is 4.90 Å². The lowest BCUT2D eigenvalue weighted by atomic mass is 9.68. The molecule has 0 spiro atoms. The lowest BCUT2D eigenvalue weighted by Gasteiger charge is -2.41. The minimum atomic E-state index is -0.625. The van der Waals surface area contributed by atoms with E-state index in [2.05, 4.69) is 25.7 Å². The fraction of sp³-hybridized carbons (Fsp3) is 0.941. The van der Waals surface area contributed by atoms with Gasteiger partial charge in [0.1, 0.15) is 0 Å². The maximum atomic E-state index is 11.2. The Balaban J connectivity index is 1.95. The van der Waals surface area contributed by atoms with Crippen LogP contribution in [0.3, 0.4) is 0 Å². The summed E-state index contributed by atoms with van der Waals surface area (Å²) in [6, 6.07) is 0.288. The molecule has 20 heavy (non-hydrogen) atoms. The molecular formula is C17H31NO2. The standard InChI is InChI=1S/C17H31NO2/c1-17(2,3)14-8-6-13(7-9-14)15(12-16(19)20)18-10-4-5-11-18/h13-15H,4-12H2,1-3H3,(H,19,20). The van der Waals surface area contributed by atoms with Gasteiger partial charge in [-0.1, -0.05) is 20.8 Å². The normalized spacial score (nSPS) is 30.4. The van der Waals surface area contributed by atoms with Gasteiger partial charge < -0.3 is 5.11 Å². The molecular weight excluding hydrogens is 250 g/mol. The van der Waals surface area contributed by atoms with Crippen LogP contribution in [0.25, 0.3) is 0 Å². The van der Waals surface area contributed by atoms with Crippen LogP contribution in [0.15, 0.2) is 0 Å². The predicted octanol–water partition coefficient (Wildman–Crippen LogP) is 3.78. The fourth-order valence-electron chi connectivity index (χ4n) is 4.22. The Kier molecular flexibility index (Phi) is 5.11. The maximum absolute atomic E-state index is 11.2. The number of rotatable bonds is 4. The van der Waals surface area contributed by atoms with Gasteiger partial charge in [-0.25, -0.2) is 0 Å². The van der Waals surface area contributed by atoms with E-state index in [4.69, 9.17) is 0 Å². The summed E-state index contributed by atoms with van der Waals surface area (Å²) in [4.78, 5) is 13.7. The molecule has 1 unspecified atom stereocenters. The first-order valence-corrected chi connectivity index (χ1v) is 8.34. The molecule has 0 amide bonds. The minimum Gasteiger partial charge on any atom is -0.481 e. The average Bonchev–Trinajstić information content (AvgIpc) is 2.88. The second-order valence-electron chi connectivity index (χ2n) is 7.89. The Morgan fingerprint density at radius 3 is 2.15 bits per heavy atom. The largest absolute Gasteiger partial charge is 0.481 e. The van der Waals surface area contributed by atoms with Gasteiger partial charge in [0.15, 0.2) is 0 Å². The zero-order valence-electron chi connectivity index (χ0n) is 13.4. The average molecular weight is 281 g/mol. The van der Waals surface area contributed by atoms with Crippen molar-refractivity contribution in [2.24, 2.45) is 17.3 Å². The molecule has 2 rings (SSSR count). The predicted molar refractivity (Wildman–Crippen MR) is 81.8 cm³/mol. The van der Waals surface area contributed by atoms with Gasteiger partial charge in [0, 0.05) is 6.04 Å². The number of likely N-dealkylation sites (tertiary alicyclic amines) is 1. The second kappa shape index (κ2) is 6.46. The molecule has 3 nitrogen and oxygen atoms in total. The Hall–Kier alpha value is -0.570. The number of carboxylic acids is 1. The monoisotopic (exact) mass is 281 g/mol. The first-order valence-electron chi connectivity index (χ1n) is 8.34. The Bertz CT molecular complexity index is 320. The summed E-state index contributed by atoms with van der Waals surface area (Å²) in [5.74, 6) is 0.783. The van der Waals surface area contributed by atoms with Crippen LogP contribution in [-0.4, -0.2) is 35.1 Å². The third-order valence-electron chi connectivity index (χ3n) is 5.53. The number of aliphatic carboxylic acids is 1. The SMILES string of the molecule is CC(C)(C)C1CCC(C(CC(=O)O)N2CCCC2)CC1. The Labute approximate surface area is 123 Å². The van der Waals surface area contributed by atoms with Crippen LogP contribution < -0.4 is 0 Å². The van der Waals surface area contributed by atoms with Crippen molar-refractivity contribution in [1.29, 1.82) is 0 Å². The highest BCUT2D eigenvalue weighted by molar-refractivity contribution is 5.67. The van der Waals surface area contributed by atoms with E-state index in [1.54, 1.807) is 0 Å². The summed E-state index contributed by atoms with van der Waals surface area (Å²) in [6.07, 6.45) is 7.81. The lowest BCUT2D eigenvalue weighted by molar-refractivity contribution is -0.139. The molecule has 0 bridgehead atoms. The fourth-order valence-corrected chi connectivity index (χ4v) is 4.22. The molecule has 2 fully saturated rings. The van der Waals surface area contributed by atoms with Gasteiger partial charge in [-0.3, -0.25) is 9.69 Å². The van der Waals surface area contributed by atoms with E-state index < -0.39 is 5.97 Å². The number of hydrogen-bond acceptors (Lipinski definition) is 2. The molecule has 1 aliphatic carbocycles. The van der Waals surface area contributed by atoms with Crippen LogP contribution >= 0.6 is 0 Å². The quantitative estimate of drug-likeness (QED) is 0.852. The smallest absolute Gasteiger partial charge is 0.304 e. The zero-order valence-corrected chi connectivity index (χ0v) is 13.4. The van der Waals surface area contributed by atoms with Crippen molar-refractivity contribution >= 4 is 5.97 Å². The summed E-state index contributed by atoms with van der Waals surface area (Å²) in [6.45, 7) is 9.24. The van der Waals surface area contributed by atoms with Crippen molar-refractivity contribution in [2.75, 3.05) is 13.1 Å². The maximum Gasteiger partial charge on any atom is 0.304 e. The van der Waals surface area contributed by atoms with Gasteiger partial charge in [-0.05, 0) is 68.9 Å². The Morgan fingerprint density at radius 1 is 1.15 bits per heavy atom. The van der Waals surface area contributed by atoms with Crippen LogP contribution in [0.2, 0.25) is 0 Å². The van der Waals surface area contributed by atoms with Crippen LogP contribution in [0, 0.1) is 17.3 Å². The van der Waals surface area contributed by atoms with Crippen LogP contribution in [0.5, 0.6) is 0 Å². The van der Waals surface area contributed by atoms with E-state index in [1.807, 2.05) is 0 Å². The second-order valence-corrected chi connectivity index (χ2v) is 7.89. The third-order valence-corrected chi connectivity index (χ3v) is 5.53. The highest BCUT2D eigenvalue weighted by atomic mass is 16.4. The third kappa shape index (κ3) is 3.97. The van der Waals surface area contributed by atoms with Gasteiger partial charge in [-0.2, -0.15) is 0 Å². The van der Waals surface area contributed by atoms with Crippen molar-refractivity contribution in [3.8, 4) is 0 Å². The molecule has 0 radical (unpaired) electrons. The van der Waals surface area contributed by atoms with Crippen molar-refractivity contribution in [3.63, 3.8) is 0 Å². The summed E-state index contributed by atoms with van der Waals surface area (Å²) in [5, 5.41) is 9.23. The zero-order chi connectivity index (χ0) is 14.8. The van der Waals surface area contributed by atoms with E-state index in [0.29, 0.717) is 17.8 Å². The molecule has 116 valence electrons. The van der Waals surface area contributed by atoms with E-state index >= 15 is 0 Å². The summed E-state index contributed by atoms with van der Waals surface area (Å²) in [5.41, 5.74) is 0.404. The molecule has 1 heterocycles. The number of hydrogen-bond donors (Lipinski definition) is 1. The van der Waals surface area contributed by atoms with E-state index in [9.17, 15) is 9.90 Å². The number of nitrogens with zero attached hydrogens (tertiary/aromatic N) is 1. The highest BCUT2D eigenvalue weighted by Crippen LogP contribution is 2.42. The van der Waals surface area contributed by atoms with E-state index in [0.717, 1.165) is 19.0 Å². The molecule has 0 aromatic rings. The molecule has 1 saturated heterocycles. The van der Waals surface area contributed by atoms with Crippen molar-refractivity contribution in [3.05, 3.63) is 0 Å². The first-order chi connectivity index (χ1) is 9.38. The van der Waals surface area contributed by atoms with E-state index in [-0.39, 0.29) is 6.04 Å². The summed E-state index contributed by atoms with van der Waals surface area (Å²) < 4.78 is 0. The van der Waals surface area contributed by atoms with Gasteiger partial charge in [0.25, 0.3) is 0 Å². The lowest BCUT2D eigenvalue weighted by Crippen LogP contribution is -2.42. The van der Waals surface area contributed by atoms with Gasteiger partial charge >= 0.3 is 5.97 Å². The van der Waals surface area contributed by atoms with Gasteiger partial charge in [0.2, 0.25) is 0 Å². The van der Waals surface area contributed by atoms with Crippen molar-refractivity contribution < 1.29 is 9.90 Å². The van der Waals surface area contributed by atoms with E-state index in [1.165, 1.54) is 38.5 Å².